The highest BCUT2D eigenvalue weighted by Gasteiger charge is 2.09. The van der Waals surface area contributed by atoms with Crippen LogP contribution in [0.3, 0.4) is 0 Å². The Morgan fingerprint density at radius 3 is 2.25 bits per heavy atom. The summed E-state index contributed by atoms with van der Waals surface area (Å²) in [5, 5.41) is 0. The zero-order valence-electron chi connectivity index (χ0n) is 12.8. The summed E-state index contributed by atoms with van der Waals surface area (Å²) in [6.07, 6.45) is 0. The fourth-order valence-electron chi connectivity index (χ4n) is 2.49. The molecule has 0 unspecified atom stereocenters. The van der Waals surface area contributed by atoms with Crippen LogP contribution in [0.2, 0.25) is 0 Å². The molecule has 0 aliphatic carbocycles. The van der Waals surface area contributed by atoms with Gasteiger partial charge in [-0.1, -0.05) is 36.4 Å². The highest BCUT2D eigenvalue weighted by molar-refractivity contribution is 5.43. The van der Waals surface area contributed by atoms with E-state index in [1.165, 1.54) is 22.3 Å². The molecule has 0 radical (unpaired) electrons. The van der Waals surface area contributed by atoms with Crippen LogP contribution in [0.15, 0.2) is 42.5 Å². The van der Waals surface area contributed by atoms with Gasteiger partial charge in [0.25, 0.3) is 0 Å². The first-order chi connectivity index (χ1) is 9.61. The topological polar surface area (TPSA) is 12.5 Å². The summed E-state index contributed by atoms with van der Waals surface area (Å²) in [6, 6.07) is 14.8. The van der Waals surface area contributed by atoms with Crippen molar-refractivity contribution in [2.24, 2.45) is 0 Å². The van der Waals surface area contributed by atoms with Crippen LogP contribution < -0.4 is 4.74 Å². The SMILES string of the molecule is COc1ccc(CN(C)Cc2ccccc2)c(C)c1C. The average molecular weight is 269 g/mol. The largest absolute Gasteiger partial charge is 0.496 e. The van der Waals surface area contributed by atoms with Crippen molar-refractivity contribution in [3.05, 3.63) is 64.7 Å². The summed E-state index contributed by atoms with van der Waals surface area (Å²) in [7, 11) is 3.88. The molecule has 0 aromatic heterocycles. The van der Waals surface area contributed by atoms with Crippen molar-refractivity contribution in [1.82, 2.24) is 4.90 Å². The summed E-state index contributed by atoms with van der Waals surface area (Å²) < 4.78 is 5.37. The van der Waals surface area contributed by atoms with Gasteiger partial charge in [-0.3, -0.25) is 4.90 Å². The lowest BCUT2D eigenvalue weighted by Crippen LogP contribution is -2.18. The number of methoxy groups -OCH3 is 1. The molecular weight excluding hydrogens is 246 g/mol. The van der Waals surface area contributed by atoms with Gasteiger partial charge in [0.05, 0.1) is 7.11 Å². The lowest BCUT2D eigenvalue weighted by molar-refractivity contribution is 0.318. The number of rotatable bonds is 5. The number of hydrogen-bond acceptors (Lipinski definition) is 2. The second-order valence-electron chi connectivity index (χ2n) is 5.33. The van der Waals surface area contributed by atoms with Crippen LogP contribution in [0.1, 0.15) is 22.3 Å². The van der Waals surface area contributed by atoms with Crippen LogP contribution in [-0.2, 0) is 13.1 Å². The van der Waals surface area contributed by atoms with Gasteiger partial charge in [0.2, 0.25) is 0 Å². The first-order valence-electron chi connectivity index (χ1n) is 6.97. The molecule has 20 heavy (non-hydrogen) atoms. The highest BCUT2D eigenvalue weighted by Crippen LogP contribution is 2.24. The number of nitrogens with zero attached hydrogens (tertiary/aromatic N) is 1. The van der Waals surface area contributed by atoms with Crippen molar-refractivity contribution >= 4 is 0 Å². The van der Waals surface area contributed by atoms with E-state index >= 15 is 0 Å². The third kappa shape index (κ3) is 3.40. The molecule has 2 nitrogen and oxygen atoms in total. The number of hydrogen-bond donors (Lipinski definition) is 0. The third-order valence-electron chi connectivity index (χ3n) is 3.81. The zero-order valence-corrected chi connectivity index (χ0v) is 12.8. The lowest BCUT2D eigenvalue weighted by Gasteiger charge is -2.20. The van der Waals surface area contributed by atoms with Gasteiger partial charge in [-0.05, 0) is 49.2 Å². The summed E-state index contributed by atoms with van der Waals surface area (Å²) in [5.41, 5.74) is 5.27. The normalized spacial score (nSPS) is 10.8. The van der Waals surface area contributed by atoms with Crippen LogP contribution in [0.4, 0.5) is 0 Å². The van der Waals surface area contributed by atoms with Crippen molar-refractivity contribution in [1.29, 1.82) is 0 Å². The molecule has 0 spiro atoms. The highest BCUT2D eigenvalue weighted by atomic mass is 16.5. The zero-order chi connectivity index (χ0) is 14.5. The predicted octanol–water partition coefficient (Wildman–Crippen LogP) is 3.94. The second kappa shape index (κ2) is 6.58. The van der Waals surface area contributed by atoms with E-state index in [9.17, 15) is 0 Å². The van der Waals surface area contributed by atoms with Crippen molar-refractivity contribution in [2.75, 3.05) is 14.2 Å². The molecule has 0 saturated carbocycles. The molecule has 0 fully saturated rings. The molecular formula is C18H23NO. The molecule has 0 saturated heterocycles. The van der Waals surface area contributed by atoms with Gasteiger partial charge in [0, 0.05) is 13.1 Å². The Bertz CT molecular complexity index is 563. The molecule has 0 amide bonds. The molecule has 0 atom stereocenters. The first-order valence-corrected chi connectivity index (χ1v) is 6.97. The summed E-state index contributed by atoms with van der Waals surface area (Å²) in [6.45, 7) is 6.20. The minimum absolute atomic E-state index is 0.950. The van der Waals surface area contributed by atoms with E-state index in [4.69, 9.17) is 4.74 Å². The Morgan fingerprint density at radius 1 is 0.900 bits per heavy atom. The third-order valence-corrected chi connectivity index (χ3v) is 3.81. The maximum atomic E-state index is 5.37. The molecule has 0 bridgehead atoms. The molecule has 106 valence electrons. The van der Waals surface area contributed by atoms with Crippen LogP contribution in [0.25, 0.3) is 0 Å². The van der Waals surface area contributed by atoms with E-state index in [1.54, 1.807) is 7.11 Å². The Hall–Kier alpha value is -1.80. The fourth-order valence-corrected chi connectivity index (χ4v) is 2.49. The second-order valence-corrected chi connectivity index (χ2v) is 5.33. The van der Waals surface area contributed by atoms with Crippen molar-refractivity contribution < 1.29 is 4.74 Å². The Morgan fingerprint density at radius 2 is 1.60 bits per heavy atom. The summed E-state index contributed by atoms with van der Waals surface area (Å²) in [5.74, 6) is 0.969. The van der Waals surface area contributed by atoms with Gasteiger partial charge in [0.15, 0.2) is 0 Å². The maximum Gasteiger partial charge on any atom is 0.122 e. The minimum Gasteiger partial charge on any atom is -0.496 e. The lowest BCUT2D eigenvalue weighted by atomic mass is 10.0. The van der Waals surface area contributed by atoms with E-state index in [0.717, 1.165) is 18.8 Å². The quantitative estimate of drug-likeness (QED) is 0.815. The molecule has 0 N–H and O–H groups in total. The standard InChI is InChI=1S/C18H23NO/c1-14-15(2)18(20-4)11-10-17(14)13-19(3)12-16-8-6-5-7-9-16/h5-11H,12-13H2,1-4H3. The van der Waals surface area contributed by atoms with Gasteiger partial charge in [0.1, 0.15) is 5.75 Å². The molecule has 0 aliphatic heterocycles. The Balaban J connectivity index is 2.08. The first kappa shape index (κ1) is 14.6. The smallest absolute Gasteiger partial charge is 0.122 e. The molecule has 2 heteroatoms. The van der Waals surface area contributed by atoms with Crippen LogP contribution in [0, 0.1) is 13.8 Å². The van der Waals surface area contributed by atoms with Crippen molar-refractivity contribution in [3.8, 4) is 5.75 Å². The monoisotopic (exact) mass is 269 g/mol. The maximum absolute atomic E-state index is 5.37. The summed E-state index contributed by atoms with van der Waals surface area (Å²) >= 11 is 0. The summed E-state index contributed by atoms with van der Waals surface area (Å²) in [4.78, 5) is 2.34. The van der Waals surface area contributed by atoms with E-state index in [2.05, 4.69) is 68.3 Å². The van der Waals surface area contributed by atoms with E-state index in [0.29, 0.717) is 0 Å². The predicted molar refractivity (Wildman–Crippen MR) is 84.1 cm³/mol. The van der Waals surface area contributed by atoms with Gasteiger partial charge in [-0.2, -0.15) is 0 Å². The van der Waals surface area contributed by atoms with Gasteiger partial charge < -0.3 is 4.74 Å². The van der Waals surface area contributed by atoms with E-state index in [-0.39, 0.29) is 0 Å². The van der Waals surface area contributed by atoms with Crippen LogP contribution >= 0.6 is 0 Å². The fraction of sp³-hybridized carbons (Fsp3) is 0.333. The molecule has 2 rings (SSSR count). The average Bonchev–Trinajstić information content (AvgIpc) is 2.45. The van der Waals surface area contributed by atoms with Crippen molar-refractivity contribution in [2.45, 2.75) is 26.9 Å². The van der Waals surface area contributed by atoms with Gasteiger partial charge in [-0.25, -0.2) is 0 Å². The van der Waals surface area contributed by atoms with E-state index < -0.39 is 0 Å². The van der Waals surface area contributed by atoms with Crippen LogP contribution in [0.5, 0.6) is 5.75 Å². The number of ether oxygens (including phenoxy) is 1. The molecule has 2 aromatic rings. The minimum atomic E-state index is 0.950. The van der Waals surface area contributed by atoms with Crippen LogP contribution in [-0.4, -0.2) is 19.1 Å². The Labute approximate surface area is 122 Å². The van der Waals surface area contributed by atoms with Gasteiger partial charge >= 0.3 is 0 Å². The Kier molecular flexibility index (Phi) is 4.80. The molecule has 2 aromatic carbocycles. The molecule has 0 heterocycles. The number of benzene rings is 2. The molecule has 0 aliphatic rings. The van der Waals surface area contributed by atoms with Crippen molar-refractivity contribution in [3.63, 3.8) is 0 Å². The van der Waals surface area contributed by atoms with Gasteiger partial charge in [-0.15, -0.1) is 0 Å². The van der Waals surface area contributed by atoms with E-state index in [1.807, 2.05) is 0 Å².